The van der Waals surface area contributed by atoms with Gasteiger partial charge in [0.15, 0.2) is 0 Å². The molecule has 0 aromatic heterocycles. The van der Waals surface area contributed by atoms with Crippen LogP contribution >= 0.6 is 0 Å². The van der Waals surface area contributed by atoms with Crippen molar-refractivity contribution in [3.63, 3.8) is 0 Å². The molecule has 1 aromatic rings. The van der Waals surface area contributed by atoms with Crippen molar-refractivity contribution >= 4 is 15.9 Å². The van der Waals surface area contributed by atoms with Crippen LogP contribution in [0.2, 0.25) is 0 Å². The molecule has 2 unspecified atom stereocenters. The second-order valence-electron chi connectivity index (χ2n) is 5.54. The number of carbonyl (C=O) groups excluding carboxylic acids is 1. The van der Waals surface area contributed by atoms with Crippen molar-refractivity contribution in [1.82, 2.24) is 4.90 Å². The number of nitrogens with two attached hydrogens (primary N) is 1. The van der Waals surface area contributed by atoms with Gasteiger partial charge in [0.25, 0.3) is 5.91 Å². The zero-order chi connectivity index (χ0) is 14.9. The summed E-state index contributed by atoms with van der Waals surface area (Å²) in [7, 11) is -3.89. The molecule has 0 radical (unpaired) electrons. The van der Waals surface area contributed by atoms with Gasteiger partial charge in [0.1, 0.15) is 0 Å². The molecule has 1 aliphatic rings. The Kier molecular flexibility index (Phi) is 4.15. The molecule has 1 heterocycles. The number of carbonyl (C=O) groups is 1. The topological polar surface area (TPSA) is 80.5 Å². The monoisotopic (exact) mass is 296 g/mol. The molecule has 2 atom stereocenters. The fraction of sp³-hybridized carbons (Fsp3) is 0.500. The highest BCUT2D eigenvalue weighted by atomic mass is 32.2. The SMILES string of the molecule is CC1CCN(C(=O)c2ccccc2S(N)(=O)=O)CC1C. The Hall–Kier alpha value is -1.40. The summed E-state index contributed by atoms with van der Waals surface area (Å²) >= 11 is 0. The van der Waals surface area contributed by atoms with Crippen molar-refractivity contribution in [3.8, 4) is 0 Å². The zero-order valence-electron chi connectivity index (χ0n) is 11.7. The molecule has 0 aliphatic carbocycles. The molecule has 2 rings (SSSR count). The van der Waals surface area contributed by atoms with Gasteiger partial charge >= 0.3 is 0 Å². The quantitative estimate of drug-likeness (QED) is 0.897. The third kappa shape index (κ3) is 3.02. The summed E-state index contributed by atoms with van der Waals surface area (Å²) in [5.41, 5.74) is 0.164. The number of benzene rings is 1. The summed E-state index contributed by atoms with van der Waals surface area (Å²) in [5, 5.41) is 5.18. The smallest absolute Gasteiger partial charge is 0.255 e. The van der Waals surface area contributed by atoms with Crippen LogP contribution in [0, 0.1) is 11.8 Å². The van der Waals surface area contributed by atoms with Crippen LogP contribution < -0.4 is 5.14 Å². The predicted octanol–water partition coefficient (Wildman–Crippen LogP) is 1.45. The van der Waals surface area contributed by atoms with E-state index in [9.17, 15) is 13.2 Å². The molecule has 2 N–H and O–H groups in total. The molecule has 1 aliphatic heterocycles. The first kappa shape index (κ1) is 15.0. The fourth-order valence-electron chi connectivity index (χ4n) is 2.51. The average molecular weight is 296 g/mol. The normalized spacial score (nSPS) is 23.6. The fourth-order valence-corrected chi connectivity index (χ4v) is 3.24. The van der Waals surface area contributed by atoms with Crippen LogP contribution in [-0.2, 0) is 10.0 Å². The molecule has 1 amide bonds. The van der Waals surface area contributed by atoms with Crippen LogP contribution in [0.5, 0.6) is 0 Å². The number of hydrogen-bond acceptors (Lipinski definition) is 3. The van der Waals surface area contributed by atoms with Gasteiger partial charge in [-0.1, -0.05) is 26.0 Å². The lowest BCUT2D eigenvalue weighted by atomic mass is 9.88. The molecule has 5 nitrogen and oxygen atoms in total. The molecular weight excluding hydrogens is 276 g/mol. The first-order chi connectivity index (χ1) is 9.30. The van der Waals surface area contributed by atoms with E-state index in [2.05, 4.69) is 13.8 Å². The summed E-state index contributed by atoms with van der Waals surface area (Å²) in [6, 6.07) is 6.11. The zero-order valence-corrected chi connectivity index (χ0v) is 12.6. The van der Waals surface area contributed by atoms with Crippen LogP contribution in [0.1, 0.15) is 30.6 Å². The lowest BCUT2D eigenvalue weighted by Gasteiger charge is -2.35. The van der Waals surface area contributed by atoms with E-state index in [1.807, 2.05) is 0 Å². The van der Waals surface area contributed by atoms with E-state index in [1.54, 1.807) is 17.0 Å². The van der Waals surface area contributed by atoms with E-state index in [0.717, 1.165) is 6.42 Å². The molecule has 6 heteroatoms. The van der Waals surface area contributed by atoms with E-state index >= 15 is 0 Å². The van der Waals surface area contributed by atoms with Crippen molar-refractivity contribution in [2.45, 2.75) is 25.2 Å². The standard InChI is InChI=1S/C14H20N2O3S/c1-10-7-8-16(9-11(10)2)14(17)12-5-3-4-6-13(12)20(15,18)19/h3-6,10-11H,7-9H2,1-2H3,(H2,15,18,19). The van der Waals surface area contributed by atoms with E-state index in [1.165, 1.54) is 12.1 Å². The second kappa shape index (κ2) is 5.54. The van der Waals surface area contributed by atoms with E-state index in [4.69, 9.17) is 5.14 Å². The molecule has 1 aromatic carbocycles. The summed E-state index contributed by atoms with van der Waals surface area (Å²) in [6.07, 6.45) is 0.935. The van der Waals surface area contributed by atoms with Gasteiger partial charge in [-0.2, -0.15) is 0 Å². The Morgan fingerprint density at radius 3 is 2.50 bits per heavy atom. The third-order valence-corrected chi connectivity index (χ3v) is 5.01. The summed E-state index contributed by atoms with van der Waals surface area (Å²) in [5.74, 6) is 0.732. The van der Waals surface area contributed by atoms with E-state index in [-0.39, 0.29) is 16.4 Å². The number of rotatable bonds is 2. The number of sulfonamides is 1. The van der Waals surface area contributed by atoms with Crippen molar-refractivity contribution in [3.05, 3.63) is 29.8 Å². The Morgan fingerprint density at radius 2 is 1.90 bits per heavy atom. The van der Waals surface area contributed by atoms with Crippen LogP contribution in [-0.4, -0.2) is 32.3 Å². The maximum Gasteiger partial charge on any atom is 0.255 e. The highest BCUT2D eigenvalue weighted by molar-refractivity contribution is 7.89. The number of nitrogens with zero attached hydrogens (tertiary/aromatic N) is 1. The van der Waals surface area contributed by atoms with Crippen molar-refractivity contribution in [2.24, 2.45) is 17.0 Å². The first-order valence-electron chi connectivity index (χ1n) is 6.72. The molecular formula is C14H20N2O3S. The lowest BCUT2D eigenvalue weighted by Crippen LogP contribution is -2.42. The van der Waals surface area contributed by atoms with Crippen molar-refractivity contribution in [1.29, 1.82) is 0 Å². The predicted molar refractivity (Wildman–Crippen MR) is 76.7 cm³/mol. The van der Waals surface area contributed by atoms with Gasteiger partial charge in [-0.05, 0) is 30.4 Å². The Balaban J connectivity index is 2.31. The third-order valence-electron chi connectivity index (χ3n) is 4.05. The van der Waals surface area contributed by atoms with Gasteiger partial charge in [-0.3, -0.25) is 4.79 Å². The molecule has 1 fully saturated rings. The number of hydrogen-bond donors (Lipinski definition) is 1. The number of piperidine rings is 1. The van der Waals surface area contributed by atoms with E-state index in [0.29, 0.717) is 24.9 Å². The summed E-state index contributed by atoms with van der Waals surface area (Å²) in [4.78, 5) is 14.1. The molecule has 20 heavy (non-hydrogen) atoms. The maximum absolute atomic E-state index is 12.5. The molecule has 1 saturated heterocycles. The van der Waals surface area contributed by atoms with E-state index < -0.39 is 10.0 Å². The van der Waals surface area contributed by atoms with Gasteiger partial charge < -0.3 is 4.90 Å². The summed E-state index contributed by atoms with van der Waals surface area (Å²) < 4.78 is 23.1. The highest BCUT2D eigenvalue weighted by Gasteiger charge is 2.29. The van der Waals surface area contributed by atoms with Gasteiger partial charge in [-0.25, -0.2) is 13.6 Å². The maximum atomic E-state index is 12.5. The Morgan fingerprint density at radius 1 is 1.25 bits per heavy atom. The van der Waals surface area contributed by atoms with Crippen LogP contribution in [0.3, 0.4) is 0 Å². The number of likely N-dealkylation sites (tertiary alicyclic amines) is 1. The minimum atomic E-state index is -3.89. The number of primary sulfonamides is 1. The van der Waals surface area contributed by atoms with Crippen LogP contribution in [0.25, 0.3) is 0 Å². The average Bonchev–Trinajstić information content (AvgIpc) is 2.40. The summed E-state index contributed by atoms with van der Waals surface area (Å²) in [6.45, 7) is 5.59. The lowest BCUT2D eigenvalue weighted by molar-refractivity contribution is 0.0623. The first-order valence-corrected chi connectivity index (χ1v) is 8.26. The van der Waals surface area contributed by atoms with Crippen molar-refractivity contribution < 1.29 is 13.2 Å². The Bertz CT molecular complexity index is 613. The highest BCUT2D eigenvalue weighted by Crippen LogP contribution is 2.25. The van der Waals surface area contributed by atoms with Crippen LogP contribution in [0.4, 0.5) is 0 Å². The van der Waals surface area contributed by atoms with Gasteiger partial charge in [0, 0.05) is 13.1 Å². The Labute approximate surface area is 119 Å². The number of amides is 1. The van der Waals surface area contributed by atoms with Gasteiger partial charge in [0.05, 0.1) is 10.5 Å². The van der Waals surface area contributed by atoms with Gasteiger partial charge in [0.2, 0.25) is 10.0 Å². The second-order valence-corrected chi connectivity index (χ2v) is 7.07. The minimum absolute atomic E-state index is 0.101. The largest absolute Gasteiger partial charge is 0.338 e. The van der Waals surface area contributed by atoms with Gasteiger partial charge in [-0.15, -0.1) is 0 Å². The van der Waals surface area contributed by atoms with Crippen LogP contribution in [0.15, 0.2) is 29.2 Å². The molecule has 110 valence electrons. The molecule has 0 saturated carbocycles. The van der Waals surface area contributed by atoms with Crippen molar-refractivity contribution in [2.75, 3.05) is 13.1 Å². The minimum Gasteiger partial charge on any atom is -0.338 e. The molecule has 0 bridgehead atoms. The molecule has 0 spiro atoms.